The fourth-order valence-electron chi connectivity index (χ4n) is 1.47. The average Bonchev–Trinajstić information content (AvgIpc) is 2.44. The zero-order valence-electron chi connectivity index (χ0n) is 10.4. The molecule has 1 aromatic carbocycles. The van der Waals surface area contributed by atoms with Crippen LogP contribution in [0.15, 0.2) is 52.6 Å². The SMILES string of the molecule is O=C(O)C=Cc1ccc(CSc2nccc(=O)[nH]2)cc1. The lowest BCUT2D eigenvalue weighted by molar-refractivity contribution is -0.131. The molecule has 0 spiro atoms. The molecule has 0 saturated carbocycles. The molecule has 0 radical (unpaired) electrons. The Bertz CT molecular complexity index is 677. The number of nitrogens with zero attached hydrogens (tertiary/aromatic N) is 1. The minimum Gasteiger partial charge on any atom is -0.478 e. The molecule has 2 aromatic rings. The number of hydrogen-bond acceptors (Lipinski definition) is 4. The van der Waals surface area contributed by atoms with E-state index in [9.17, 15) is 9.59 Å². The highest BCUT2D eigenvalue weighted by molar-refractivity contribution is 7.98. The minimum atomic E-state index is -0.969. The van der Waals surface area contributed by atoms with E-state index in [1.165, 1.54) is 30.1 Å². The Labute approximate surface area is 119 Å². The number of rotatable bonds is 5. The number of hydrogen-bond donors (Lipinski definition) is 2. The number of benzene rings is 1. The van der Waals surface area contributed by atoms with Crippen molar-refractivity contribution in [3.8, 4) is 0 Å². The predicted octanol–water partition coefficient (Wildman–Crippen LogP) is 2.16. The molecular formula is C14H12N2O3S. The third-order valence-electron chi connectivity index (χ3n) is 2.42. The molecule has 102 valence electrons. The Kier molecular flexibility index (Phi) is 4.73. The maximum Gasteiger partial charge on any atom is 0.328 e. The van der Waals surface area contributed by atoms with Crippen molar-refractivity contribution < 1.29 is 9.90 Å². The number of H-pyrrole nitrogens is 1. The molecule has 6 heteroatoms. The largest absolute Gasteiger partial charge is 0.478 e. The molecule has 2 rings (SSSR count). The number of aliphatic carboxylic acids is 1. The third-order valence-corrected chi connectivity index (χ3v) is 3.38. The highest BCUT2D eigenvalue weighted by Gasteiger charge is 1.98. The van der Waals surface area contributed by atoms with E-state index in [-0.39, 0.29) is 5.56 Å². The van der Waals surface area contributed by atoms with Crippen LogP contribution >= 0.6 is 11.8 Å². The minimum absolute atomic E-state index is 0.170. The summed E-state index contributed by atoms with van der Waals surface area (Å²) in [4.78, 5) is 28.2. The fraction of sp³-hybridized carbons (Fsp3) is 0.0714. The summed E-state index contributed by atoms with van der Waals surface area (Å²) in [6, 6.07) is 8.88. The summed E-state index contributed by atoms with van der Waals surface area (Å²) in [7, 11) is 0. The highest BCUT2D eigenvalue weighted by atomic mass is 32.2. The smallest absolute Gasteiger partial charge is 0.328 e. The topological polar surface area (TPSA) is 83.0 Å². The fourth-order valence-corrected chi connectivity index (χ4v) is 2.27. The first-order valence-corrected chi connectivity index (χ1v) is 6.80. The van der Waals surface area contributed by atoms with Crippen LogP contribution in [0, 0.1) is 0 Å². The molecule has 0 fully saturated rings. The van der Waals surface area contributed by atoms with Gasteiger partial charge in [-0.25, -0.2) is 9.78 Å². The second-order valence-electron chi connectivity index (χ2n) is 3.94. The first kappa shape index (κ1) is 14.1. The van der Waals surface area contributed by atoms with Gasteiger partial charge in [-0.1, -0.05) is 36.0 Å². The third kappa shape index (κ3) is 4.40. The molecule has 0 amide bonds. The first-order chi connectivity index (χ1) is 9.63. The Morgan fingerprint density at radius 1 is 1.30 bits per heavy atom. The van der Waals surface area contributed by atoms with Crippen LogP contribution in [0.1, 0.15) is 11.1 Å². The molecule has 2 N–H and O–H groups in total. The van der Waals surface area contributed by atoms with Gasteiger partial charge in [-0.15, -0.1) is 0 Å². The second kappa shape index (κ2) is 6.72. The van der Waals surface area contributed by atoms with Gasteiger partial charge in [0.1, 0.15) is 0 Å². The number of carboxylic acid groups (broad SMARTS) is 1. The monoisotopic (exact) mass is 288 g/mol. The number of thioether (sulfide) groups is 1. The van der Waals surface area contributed by atoms with Gasteiger partial charge in [-0.05, 0) is 17.2 Å². The van der Waals surface area contributed by atoms with Crippen LogP contribution in [0.3, 0.4) is 0 Å². The summed E-state index contributed by atoms with van der Waals surface area (Å²) >= 11 is 1.43. The molecule has 1 heterocycles. The highest BCUT2D eigenvalue weighted by Crippen LogP contribution is 2.18. The Hall–Kier alpha value is -2.34. The Morgan fingerprint density at radius 3 is 2.70 bits per heavy atom. The van der Waals surface area contributed by atoms with Gasteiger partial charge in [0.2, 0.25) is 0 Å². The number of carboxylic acids is 1. The summed E-state index contributed by atoms with van der Waals surface area (Å²) in [5, 5.41) is 9.11. The van der Waals surface area contributed by atoms with E-state index in [4.69, 9.17) is 5.11 Å². The molecule has 0 unspecified atom stereocenters. The van der Waals surface area contributed by atoms with E-state index < -0.39 is 5.97 Å². The van der Waals surface area contributed by atoms with E-state index in [2.05, 4.69) is 9.97 Å². The van der Waals surface area contributed by atoms with Crippen LogP contribution in [0.4, 0.5) is 0 Å². The molecule has 1 aromatic heterocycles. The molecular weight excluding hydrogens is 276 g/mol. The molecule has 0 aliphatic carbocycles. The van der Waals surface area contributed by atoms with Crippen LogP contribution < -0.4 is 5.56 Å². The second-order valence-corrected chi connectivity index (χ2v) is 4.91. The lowest BCUT2D eigenvalue weighted by atomic mass is 10.1. The van der Waals surface area contributed by atoms with Gasteiger partial charge in [0.15, 0.2) is 5.16 Å². The quantitative estimate of drug-likeness (QED) is 0.500. The molecule has 0 aliphatic heterocycles. The average molecular weight is 288 g/mol. The lowest BCUT2D eigenvalue weighted by Crippen LogP contribution is -2.05. The van der Waals surface area contributed by atoms with Crippen molar-refractivity contribution in [2.24, 2.45) is 0 Å². The zero-order chi connectivity index (χ0) is 14.4. The lowest BCUT2D eigenvalue weighted by Gasteiger charge is -2.01. The molecule has 0 aliphatic rings. The van der Waals surface area contributed by atoms with Gasteiger partial charge >= 0.3 is 5.97 Å². The van der Waals surface area contributed by atoms with Gasteiger partial charge < -0.3 is 10.1 Å². The summed E-state index contributed by atoms with van der Waals surface area (Å²) < 4.78 is 0. The number of aromatic amines is 1. The summed E-state index contributed by atoms with van der Waals surface area (Å²) in [6.45, 7) is 0. The molecule has 20 heavy (non-hydrogen) atoms. The van der Waals surface area contributed by atoms with Crippen LogP contribution in [0.5, 0.6) is 0 Å². The molecule has 0 saturated heterocycles. The molecule has 0 atom stereocenters. The normalized spacial score (nSPS) is 10.8. The van der Waals surface area contributed by atoms with Crippen LogP contribution in [0.2, 0.25) is 0 Å². The predicted molar refractivity (Wildman–Crippen MR) is 77.5 cm³/mol. The van der Waals surface area contributed by atoms with Crippen molar-refractivity contribution in [3.63, 3.8) is 0 Å². The van der Waals surface area contributed by atoms with E-state index in [1.54, 1.807) is 0 Å². The number of carbonyl (C=O) groups is 1. The van der Waals surface area contributed by atoms with Gasteiger partial charge in [-0.3, -0.25) is 4.79 Å². The Balaban J connectivity index is 1.97. The van der Waals surface area contributed by atoms with E-state index in [1.807, 2.05) is 24.3 Å². The Morgan fingerprint density at radius 2 is 2.05 bits per heavy atom. The van der Waals surface area contributed by atoms with E-state index >= 15 is 0 Å². The molecule has 0 bridgehead atoms. The first-order valence-electron chi connectivity index (χ1n) is 5.81. The van der Waals surface area contributed by atoms with Gasteiger partial charge in [0, 0.05) is 24.1 Å². The van der Waals surface area contributed by atoms with Crippen molar-refractivity contribution in [3.05, 3.63) is 64.1 Å². The van der Waals surface area contributed by atoms with Crippen LogP contribution in [-0.2, 0) is 10.5 Å². The van der Waals surface area contributed by atoms with Crippen molar-refractivity contribution >= 4 is 23.8 Å². The zero-order valence-corrected chi connectivity index (χ0v) is 11.3. The summed E-state index contributed by atoms with van der Waals surface area (Å²) in [6.07, 6.45) is 4.11. The van der Waals surface area contributed by atoms with Crippen LogP contribution in [-0.4, -0.2) is 21.0 Å². The number of aromatic nitrogens is 2. The number of nitrogens with one attached hydrogen (secondary N) is 1. The summed E-state index contributed by atoms with van der Waals surface area (Å²) in [5.74, 6) is -0.292. The van der Waals surface area contributed by atoms with Crippen LogP contribution in [0.25, 0.3) is 6.08 Å². The summed E-state index contributed by atoms with van der Waals surface area (Å²) in [5.41, 5.74) is 1.72. The maximum atomic E-state index is 11.1. The van der Waals surface area contributed by atoms with Crippen molar-refractivity contribution in [1.29, 1.82) is 0 Å². The van der Waals surface area contributed by atoms with Gasteiger partial charge in [-0.2, -0.15) is 0 Å². The van der Waals surface area contributed by atoms with Crippen molar-refractivity contribution in [1.82, 2.24) is 9.97 Å². The van der Waals surface area contributed by atoms with Crippen molar-refractivity contribution in [2.45, 2.75) is 10.9 Å². The van der Waals surface area contributed by atoms with E-state index in [0.29, 0.717) is 10.9 Å². The van der Waals surface area contributed by atoms with Gasteiger partial charge in [0.05, 0.1) is 0 Å². The van der Waals surface area contributed by atoms with Gasteiger partial charge in [0.25, 0.3) is 5.56 Å². The maximum absolute atomic E-state index is 11.1. The molecule has 5 nitrogen and oxygen atoms in total. The van der Waals surface area contributed by atoms with Crippen molar-refractivity contribution in [2.75, 3.05) is 0 Å². The van der Waals surface area contributed by atoms with E-state index in [0.717, 1.165) is 17.2 Å². The standard InChI is InChI=1S/C14H12N2O3S/c17-12-7-8-15-14(16-12)20-9-11-3-1-10(2-4-11)5-6-13(18)19/h1-8H,9H2,(H,18,19)(H,15,16,17).